The molecule has 2 aromatic rings. The van der Waals surface area contributed by atoms with Gasteiger partial charge in [-0.05, 0) is 41.5 Å². The number of carbonyl (C=O) groups is 1. The third kappa shape index (κ3) is 2.15. The normalized spacial score (nSPS) is 10.5. The van der Waals surface area contributed by atoms with E-state index in [0.29, 0.717) is 5.82 Å². The molecular weight excluding hydrogens is 220 g/mol. The highest BCUT2D eigenvalue weighted by molar-refractivity contribution is 5.69. The minimum Gasteiger partial charge on any atom is -0.481 e. The van der Waals surface area contributed by atoms with Gasteiger partial charge in [-0.3, -0.25) is 4.79 Å². The van der Waals surface area contributed by atoms with Crippen LogP contribution >= 0.6 is 0 Å². The van der Waals surface area contributed by atoms with E-state index in [4.69, 9.17) is 5.11 Å². The highest BCUT2D eigenvalue weighted by Crippen LogP contribution is 2.17. The smallest absolute Gasteiger partial charge is 0.311 e. The Balaban J connectivity index is 2.50. The van der Waals surface area contributed by atoms with Crippen LogP contribution in [-0.4, -0.2) is 31.3 Å². The summed E-state index contributed by atoms with van der Waals surface area (Å²) in [6.45, 7) is 3.94. The molecule has 0 aliphatic rings. The standard InChI is InChI=1S/C11H12N4O2/c1-7-4-3-5-9(8(7)2)15-10(6-11(16)17)12-13-14-15/h3-5H,6H2,1-2H3,(H,16,17). The molecule has 0 atom stereocenters. The molecule has 2 rings (SSSR count). The zero-order chi connectivity index (χ0) is 12.4. The van der Waals surface area contributed by atoms with Crippen molar-refractivity contribution in [2.45, 2.75) is 20.3 Å². The third-order valence-corrected chi connectivity index (χ3v) is 2.65. The van der Waals surface area contributed by atoms with Crippen LogP contribution < -0.4 is 0 Å². The molecule has 1 N–H and O–H groups in total. The van der Waals surface area contributed by atoms with Crippen LogP contribution in [0.5, 0.6) is 0 Å². The molecule has 1 aromatic heterocycles. The van der Waals surface area contributed by atoms with Gasteiger partial charge in [-0.25, -0.2) is 0 Å². The average molecular weight is 232 g/mol. The predicted octanol–water partition coefficient (Wildman–Crippen LogP) is 0.906. The molecule has 0 bridgehead atoms. The van der Waals surface area contributed by atoms with Gasteiger partial charge in [0.05, 0.1) is 5.69 Å². The van der Waals surface area contributed by atoms with E-state index in [1.54, 1.807) is 0 Å². The first-order chi connectivity index (χ1) is 8.09. The van der Waals surface area contributed by atoms with Crippen LogP contribution in [0.3, 0.4) is 0 Å². The molecule has 0 unspecified atom stereocenters. The number of hydrogen-bond acceptors (Lipinski definition) is 4. The van der Waals surface area contributed by atoms with E-state index in [-0.39, 0.29) is 6.42 Å². The van der Waals surface area contributed by atoms with Gasteiger partial charge in [0.2, 0.25) is 0 Å². The lowest BCUT2D eigenvalue weighted by Gasteiger charge is -2.08. The van der Waals surface area contributed by atoms with E-state index >= 15 is 0 Å². The molecule has 6 nitrogen and oxygen atoms in total. The minimum atomic E-state index is -0.952. The Morgan fingerprint density at radius 2 is 2.18 bits per heavy atom. The number of nitrogens with zero attached hydrogens (tertiary/aromatic N) is 4. The summed E-state index contributed by atoms with van der Waals surface area (Å²) in [5, 5.41) is 19.9. The SMILES string of the molecule is Cc1cccc(-n2nnnc2CC(=O)O)c1C. The van der Waals surface area contributed by atoms with E-state index < -0.39 is 5.97 Å². The number of aliphatic carboxylic acids is 1. The quantitative estimate of drug-likeness (QED) is 0.850. The van der Waals surface area contributed by atoms with Crippen LogP contribution in [0.2, 0.25) is 0 Å². The molecule has 0 amide bonds. The van der Waals surface area contributed by atoms with Crippen LogP contribution in [0.1, 0.15) is 17.0 Å². The van der Waals surface area contributed by atoms with Gasteiger partial charge in [-0.1, -0.05) is 12.1 Å². The van der Waals surface area contributed by atoms with E-state index in [9.17, 15) is 4.79 Å². The maximum Gasteiger partial charge on any atom is 0.311 e. The molecule has 0 aliphatic carbocycles. The molecule has 17 heavy (non-hydrogen) atoms. The zero-order valence-electron chi connectivity index (χ0n) is 9.58. The Morgan fingerprint density at radius 3 is 2.88 bits per heavy atom. The summed E-state index contributed by atoms with van der Waals surface area (Å²) >= 11 is 0. The van der Waals surface area contributed by atoms with Gasteiger partial charge >= 0.3 is 5.97 Å². The molecule has 88 valence electrons. The monoisotopic (exact) mass is 232 g/mol. The summed E-state index contributed by atoms with van der Waals surface area (Å²) in [6.07, 6.45) is -0.194. The summed E-state index contributed by atoms with van der Waals surface area (Å²) in [4.78, 5) is 10.7. The van der Waals surface area contributed by atoms with Crippen molar-refractivity contribution >= 4 is 5.97 Å². The molecule has 0 spiro atoms. The second-order valence-electron chi connectivity index (χ2n) is 3.80. The van der Waals surface area contributed by atoms with Crippen LogP contribution in [0.4, 0.5) is 0 Å². The summed E-state index contributed by atoms with van der Waals surface area (Å²) in [7, 11) is 0. The first-order valence-electron chi connectivity index (χ1n) is 5.15. The van der Waals surface area contributed by atoms with Gasteiger partial charge in [0.1, 0.15) is 6.42 Å². The number of carboxylic acid groups (broad SMARTS) is 1. The number of hydrogen-bond donors (Lipinski definition) is 1. The van der Waals surface area contributed by atoms with Gasteiger partial charge in [-0.15, -0.1) is 5.10 Å². The third-order valence-electron chi connectivity index (χ3n) is 2.65. The lowest BCUT2D eigenvalue weighted by molar-refractivity contribution is -0.136. The van der Waals surface area contributed by atoms with Crippen LogP contribution in [0, 0.1) is 13.8 Å². The Labute approximate surface area is 97.9 Å². The maximum absolute atomic E-state index is 10.7. The Kier molecular flexibility index (Phi) is 2.86. The molecule has 0 saturated heterocycles. The van der Waals surface area contributed by atoms with Crippen molar-refractivity contribution in [1.29, 1.82) is 0 Å². The Hall–Kier alpha value is -2.24. The number of tetrazole rings is 1. The van der Waals surface area contributed by atoms with Crippen molar-refractivity contribution < 1.29 is 9.90 Å². The van der Waals surface area contributed by atoms with E-state index in [1.165, 1.54) is 4.68 Å². The summed E-state index contributed by atoms with van der Waals surface area (Å²) in [5.74, 6) is -0.627. The van der Waals surface area contributed by atoms with Crippen LogP contribution in [0.15, 0.2) is 18.2 Å². The largest absolute Gasteiger partial charge is 0.481 e. The van der Waals surface area contributed by atoms with Gasteiger partial charge in [0.25, 0.3) is 0 Å². The highest BCUT2D eigenvalue weighted by atomic mass is 16.4. The maximum atomic E-state index is 10.7. The first kappa shape index (κ1) is 11.3. The van der Waals surface area contributed by atoms with Crippen molar-refractivity contribution in [3.05, 3.63) is 35.2 Å². The predicted molar refractivity (Wildman–Crippen MR) is 60.0 cm³/mol. The molecule has 0 aliphatic heterocycles. The van der Waals surface area contributed by atoms with E-state index in [0.717, 1.165) is 16.8 Å². The number of benzene rings is 1. The van der Waals surface area contributed by atoms with Crippen molar-refractivity contribution in [2.75, 3.05) is 0 Å². The summed E-state index contributed by atoms with van der Waals surface area (Å²) in [5.41, 5.74) is 2.96. The summed E-state index contributed by atoms with van der Waals surface area (Å²) < 4.78 is 1.47. The minimum absolute atomic E-state index is 0.194. The van der Waals surface area contributed by atoms with Crippen molar-refractivity contribution in [3.63, 3.8) is 0 Å². The number of aromatic nitrogens is 4. The molecule has 1 heterocycles. The fourth-order valence-corrected chi connectivity index (χ4v) is 1.60. The van der Waals surface area contributed by atoms with Crippen LogP contribution in [0.25, 0.3) is 5.69 Å². The average Bonchev–Trinajstić information content (AvgIpc) is 2.69. The van der Waals surface area contributed by atoms with Crippen molar-refractivity contribution in [3.8, 4) is 5.69 Å². The lowest BCUT2D eigenvalue weighted by Crippen LogP contribution is -2.10. The first-order valence-corrected chi connectivity index (χ1v) is 5.15. The fourth-order valence-electron chi connectivity index (χ4n) is 1.60. The van der Waals surface area contributed by atoms with E-state index in [1.807, 2.05) is 32.0 Å². The molecule has 6 heteroatoms. The Bertz CT molecular complexity index is 562. The fraction of sp³-hybridized carbons (Fsp3) is 0.273. The van der Waals surface area contributed by atoms with Crippen LogP contribution in [-0.2, 0) is 11.2 Å². The molecule has 0 saturated carbocycles. The van der Waals surface area contributed by atoms with Crippen molar-refractivity contribution in [2.24, 2.45) is 0 Å². The molecule has 0 fully saturated rings. The molecule has 1 aromatic carbocycles. The second kappa shape index (κ2) is 4.32. The van der Waals surface area contributed by atoms with Crippen molar-refractivity contribution in [1.82, 2.24) is 20.2 Å². The Morgan fingerprint density at radius 1 is 1.41 bits per heavy atom. The molecule has 0 radical (unpaired) electrons. The van der Waals surface area contributed by atoms with Gasteiger partial charge < -0.3 is 5.11 Å². The number of carboxylic acids is 1. The number of rotatable bonds is 3. The highest BCUT2D eigenvalue weighted by Gasteiger charge is 2.13. The number of aryl methyl sites for hydroxylation is 1. The lowest BCUT2D eigenvalue weighted by atomic mass is 10.1. The van der Waals surface area contributed by atoms with Gasteiger partial charge in [-0.2, -0.15) is 4.68 Å². The van der Waals surface area contributed by atoms with Gasteiger partial charge in [0, 0.05) is 0 Å². The second-order valence-corrected chi connectivity index (χ2v) is 3.80. The topological polar surface area (TPSA) is 80.9 Å². The van der Waals surface area contributed by atoms with Gasteiger partial charge in [0.15, 0.2) is 5.82 Å². The van der Waals surface area contributed by atoms with E-state index in [2.05, 4.69) is 15.5 Å². The summed E-state index contributed by atoms with van der Waals surface area (Å²) in [6, 6.07) is 5.74. The molecular formula is C11H12N4O2. The zero-order valence-corrected chi connectivity index (χ0v) is 9.58.